The standard InChI is InChI=1S/C30H29F2N5O5/c1-4-42-29(39)21-14-37(18-6-7-18)25-20(26(21)38)12-22(31)19(24(25)32)8-5-16-9-15(11-23(40-2)27(16)41-3)10-17-13-35-30(34)36-28(17)33/h5,8-9,11-14,18H,4,6-7,10H2,1-3H3,(H4,33,34,35,36). The topological polar surface area (TPSA) is 145 Å². The molecule has 2 aromatic carbocycles. The molecular formula is C30H29F2N5O5. The van der Waals surface area contributed by atoms with Crippen LogP contribution in [0.5, 0.6) is 11.5 Å². The first-order valence-electron chi connectivity index (χ1n) is 13.2. The van der Waals surface area contributed by atoms with Crippen molar-refractivity contribution in [3.63, 3.8) is 0 Å². The van der Waals surface area contributed by atoms with Gasteiger partial charge in [-0.25, -0.2) is 18.6 Å². The summed E-state index contributed by atoms with van der Waals surface area (Å²) in [5, 5.41) is -0.232. The van der Waals surface area contributed by atoms with Crippen LogP contribution in [0.15, 0.2) is 35.4 Å². The van der Waals surface area contributed by atoms with E-state index in [-0.39, 0.29) is 46.4 Å². The highest BCUT2D eigenvalue weighted by Crippen LogP contribution is 2.39. The number of carbonyl (C=O) groups is 1. The summed E-state index contributed by atoms with van der Waals surface area (Å²) in [6.07, 6.45) is 7.38. The third-order valence-electron chi connectivity index (χ3n) is 6.99. The Bertz CT molecular complexity index is 1800. The minimum atomic E-state index is -0.967. The van der Waals surface area contributed by atoms with Gasteiger partial charge < -0.3 is 30.2 Å². The third-order valence-corrected chi connectivity index (χ3v) is 6.99. The van der Waals surface area contributed by atoms with Gasteiger partial charge in [-0.15, -0.1) is 0 Å². The van der Waals surface area contributed by atoms with Gasteiger partial charge in [0.25, 0.3) is 0 Å². The lowest BCUT2D eigenvalue weighted by Gasteiger charge is -2.15. The highest BCUT2D eigenvalue weighted by Gasteiger charge is 2.30. The second-order valence-electron chi connectivity index (χ2n) is 9.78. The summed E-state index contributed by atoms with van der Waals surface area (Å²) in [5.74, 6) is -1.72. The highest BCUT2D eigenvalue weighted by atomic mass is 19.1. The Labute approximate surface area is 239 Å². The van der Waals surface area contributed by atoms with Crippen LogP contribution >= 0.6 is 0 Å². The number of esters is 1. The van der Waals surface area contributed by atoms with E-state index in [4.69, 9.17) is 25.7 Å². The third kappa shape index (κ3) is 5.35. The molecule has 0 bridgehead atoms. The second kappa shape index (κ2) is 11.5. The summed E-state index contributed by atoms with van der Waals surface area (Å²) in [6, 6.07) is 4.35. The number of nitrogens with zero attached hydrogens (tertiary/aromatic N) is 3. The number of aromatic nitrogens is 3. The summed E-state index contributed by atoms with van der Waals surface area (Å²) in [6.45, 7) is 1.67. The number of rotatable bonds is 9. The van der Waals surface area contributed by atoms with E-state index in [1.165, 1.54) is 43.3 Å². The average Bonchev–Trinajstić information content (AvgIpc) is 3.80. The molecule has 0 radical (unpaired) electrons. The maximum Gasteiger partial charge on any atom is 0.343 e. The molecule has 10 nitrogen and oxygen atoms in total. The number of fused-ring (bicyclic) bond motifs is 1. The van der Waals surface area contributed by atoms with E-state index in [0.717, 1.165) is 24.5 Å². The Morgan fingerprint density at radius 1 is 1.14 bits per heavy atom. The Balaban J connectivity index is 1.62. The molecule has 1 saturated carbocycles. The van der Waals surface area contributed by atoms with Crippen LogP contribution in [0.2, 0.25) is 0 Å². The van der Waals surface area contributed by atoms with Gasteiger partial charge in [-0.3, -0.25) is 4.79 Å². The van der Waals surface area contributed by atoms with Crippen molar-refractivity contribution in [2.45, 2.75) is 32.2 Å². The number of anilines is 2. The molecule has 0 saturated heterocycles. The predicted octanol–water partition coefficient (Wildman–Crippen LogP) is 4.52. The van der Waals surface area contributed by atoms with Crippen molar-refractivity contribution in [1.82, 2.24) is 14.5 Å². The molecule has 42 heavy (non-hydrogen) atoms. The molecule has 2 heterocycles. The van der Waals surface area contributed by atoms with Crippen LogP contribution in [0.3, 0.4) is 0 Å². The molecule has 0 aliphatic heterocycles. The van der Waals surface area contributed by atoms with Gasteiger partial charge in [-0.2, -0.15) is 4.98 Å². The van der Waals surface area contributed by atoms with Gasteiger partial charge in [-0.1, -0.05) is 6.08 Å². The number of nitrogen functional groups attached to an aromatic ring is 2. The van der Waals surface area contributed by atoms with Gasteiger partial charge in [0.05, 0.1) is 31.7 Å². The highest BCUT2D eigenvalue weighted by molar-refractivity contribution is 5.95. The van der Waals surface area contributed by atoms with Crippen LogP contribution in [0.1, 0.15) is 58.4 Å². The molecule has 1 aliphatic rings. The van der Waals surface area contributed by atoms with Gasteiger partial charge in [0.15, 0.2) is 17.3 Å². The van der Waals surface area contributed by atoms with Crippen molar-refractivity contribution >= 4 is 40.8 Å². The van der Waals surface area contributed by atoms with Crippen LogP contribution in [-0.4, -0.2) is 41.3 Å². The van der Waals surface area contributed by atoms with Gasteiger partial charge in [0.2, 0.25) is 11.4 Å². The Morgan fingerprint density at radius 2 is 1.90 bits per heavy atom. The van der Waals surface area contributed by atoms with Gasteiger partial charge >= 0.3 is 5.97 Å². The number of nitrogens with two attached hydrogens (primary N) is 2. The van der Waals surface area contributed by atoms with Crippen molar-refractivity contribution in [2.75, 3.05) is 32.3 Å². The number of ether oxygens (including phenoxy) is 3. The summed E-state index contributed by atoms with van der Waals surface area (Å²) in [4.78, 5) is 33.5. The number of pyridine rings is 1. The maximum absolute atomic E-state index is 16.1. The molecule has 0 atom stereocenters. The number of methoxy groups -OCH3 is 2. The van der Waals surface area contributed by atoms with Crippen molar-refractivity contribution in [3.8, 4) is 11.5 Å². The lowest BCUT2D eigenvalue weighted by Crippen LogP contribution is -2.21. The minimum absolute atomic E-state index is 0.0517. The normalized spacial score (nSPS) is 13.1. The van der Waals surface area contributed by atoms with E-state index in [1.54, 1.807) is 19.1 Å². The molecule has 12 heteroatoms. The van der Waals surface area contributed by atoms with Crippen LogP contribution in [-0.2, 0) is 11.2 Å². The quantitative estimate of drug-likeness (QED) is 0.217. The summed E-state index contributed by atoms with van der Waals surface area (Å²) < 4.78 is 49.0. The van der Waals surface area contributed by atoms with E-state index in [1.807, 2.05) is 0 Å². The van der Waals surface area contributed by atoms with E-state index in [2.05, 4.69) is 9.97 Å². The number of halogens is 2. The number of hydrogen-bond acceptors (Lipinski definition) is 9. The average molecular weight is 578 g/mol. The number of hydrogen-bond donors (Lipinski definition) is 2. The molecule has 5 rings (SSSR count). The zero-order valence-electron chi connectivity index (χ0n) is 23.2. The summed E-state index contributed by atoms with van der Waals surface area (Å²) in [7, 11) is 2.92. The Hall–Kier alpha value is -5.00. The molecule has 1 fully saturated rings. The molecule has 2 aromatic heterocycles. The maximum atomic E-state index is 16.1. The van der Waals surface area contributed by atoms with Crippen molar-refractivity contribution in [3.05, 3.63) is 80.3 Å². The smallest absolute Gasteiger partial charge is 0.343 e. The molecule has 4 N–H and O–H groups in total. The van der Waals surface area contributed by atoms with Gasteiger partial charge in [-0.05, 0) is 49.6 Å². The Morgan fingerprint density at radius 3 is 2.55 bits per heavy atom. The van der Waals surface area contributed by atoms with E-state index < -0.39 is 23.0 Å². The lowest BCUT2D eigenvalue weighted by molar-refractivity contribution is 0.0524. The summed E-state index contributed by atoms with van der Waals surface area (Å²) in [5.41, 5.74) is 11.9. The van der Waals surface area contributed by atoms with Crippen molar-refractivity contribution in [1.29, 1.82) is 0 Å². The number of carbonyl (C=O) groups excluding carboxylic acids is 1. The Kier molecular flexibility index (Phi) is 7.79. The molecule has 0 amide bonds. The first kappa shape index (κ1) is 28.5. The van der Waals surface area contributed by atoms with Crippen LogP contribution in [0, 0.1) is 11.6 Å². The fourth-order valence-corrected chi connectivity index (χ4v) is 4.85. The summed E-state index contributed by atoms with van der Waals surface area (Å²) >= 11 is 0. The lowest BCUT2D eigenvalue weighted by atomic mass is 10.0. The van der Waals surface area contributed by atoms with E-state index in [0.29, 0.717) is 29.0 Å². The monoisotopic (exact) mass is 577 g/mol. The largest absolute Gasteiger partial charge is 0.493 e. The molecule has 0 unspecified atom stereocenters. The van der Waals surface area contributed by atoms with Crippen molar-refractivity contribution < 1.29 is 27.8 Å². The zero-order chi connectivity index (χ0) is 30.1. The van der Waals surface area contributed by atoms with Crippen LogP contribution < -0.4 is 26.4 Å². The van der Waals surface area contributed by atoms with Crippen LogP contribution in [0.4, 0.5) is 20.5 Å². The van der Waals surface area contributed by atoms with Gasteiger partial charge in [0, 0.05) is 41.5 Å². The molecule has 0 spiro atoms. The molecule has 4 aromatic rings. The molecular weight excluding hydrogens is 548 g/mol. The minimum Gasteiger partial charge on any atom is -0.493 e. The van der Waals surface area contributed by atoms with Crippen LogP contribution in [0.25, 0.3) is 23.1 Å². The molecule has 1 aliphatic carbocycles. The fraction of sp³-hybridized carbons (Fsp3) is 0.267. The predicted molar refractivity (Wildman–Crippen MR) is 154 cm³/mol. The second-order valence-corrected chi connectivity index (χ2v) is 9.78. The van der Waals surface area contributed by atoms with E-state index >= 15 is 8.78 Å². The van der Waals surface area contributed by atoms with Gasteiger partial charge in [0.1, 0.15) is 17.2 Å². The SMILES string of the molecule is CCOC(=O)c1cn(C2CC2)c2c(F)c(C=Cc3cc(Cc4cnc(N)nc4N)cc(OC)c3OC)c(F)cc2c1=O. The zero-order valence-corrected chi connectivity index (χ0v) is 23.2. The fourth-order valence-electron chi connectivity index (χ4n) is 4.85. The van der Waals surface area contributed by atoms with Crippen molar-refractivity contribution in [2.24, 2.45) is 0 Å². The van der Waals surface area contributed by atoms with E-state index in [9.17, 15) is 9.59 Å². The first-order chi connectivity index (χ1) is 20.2. The first-order valence-corrected chi connectivity index (χ1v) is 13.2. The number of benzene rings is 2. The molecule has 218 valence electrons.